The molecular weight excluding hydrogens is 321 g/mol. The topological polar surface area (TPSA) is 66.4 Å². The Hall–Kier alpha value is -1.11. The molecule has 4 nitrogen and oxygen atoms in total. The maximum atomic E-state index is 11.8. The number of aliphatic carboxylic acids is 1. The molecule has 0 unspecified atom stereocenters. The van der Waals surface area contributed by atoms with Gasteiger partial charge in [-0.3, -0.25) is 9.59 Å². The molecule has 2 N–H and O–H groups in total. The summed E-state index contributed by atoms with van der Waals surface area (Å²) in [6.45, 7) is 3.32. The fourth-order valence-electron chi connectivity index (χ4n) is 1.15. The minimum atomic E-state index is -1.05. The van der Waals surface area contributed by atoms with E-state index < -0.39 is 12.0 Å². The third kappa shape index (κ3) is 3.19. The third-order valence-corrected chi connectivity index (χ3v) is 3.03. The number of aryl methyl sites for hydroxylation is 1. The standard InChI is InChI=1S/C11H12INO3/c1-6-3-4-9(12)8(5-6)10(14)13-7(2)11(15)16/h3-5,7H,1-2H3,(H,13,14)(H,15,16)/t7-/m0/s1. The number of halogens is 1. The van der Waals surface area contributed by atoms with Gasteiger partial charge in [-0.2, -0.15) is 0 Å². The molecule has 0 spiro atoms. The van der Waals surface area contributed by atoms with E-state index in [0.29, 0.717) is 5.56 Å². The Morgan fingerprint density at radius 2 is 2.06 bits per heavy atom. The van der Waals surface area contributed by atoms with E-state index in [1.54, 1.807) is 6.07 Å². The lowest BCUT2D eigenvalue weighted by molar-refractivity contribution is -0.138. The molecule has 0 radical (unpaired) electrons. The van der Waals surface area contributed by atoms with Gasteiger partial charge in [0.1, 0.15) is 6.04 Å². The van der Waals surface area contributed by atoms with Crippen molar-refractivity contribution in [1.29, 1.82) is 0 Å². The number of hydrogen-bond acceptors (Lipinski definition) is 2. The van der Waals surface area contributed by atoms with Crippen LogP contribution >= 0.6 is 22.6 Å². The van der Waals surface area contributed by atoms with E-state index in [0.717, 1.165) is 9.13 Å². The van der Waals surface area contributed by atoms with Crippen molar-refractivity contribution < 1.29 is 14.7 Å². The van der Waals surface area contributed by atoms with E-state index in [1.807, 2.05) is 41.6 Å². The molecule has 16 heavy (non-hydrogen) atoms. The molecule has 1 rings (SSSR count). The maximum absolute atomic E-state index is 11.8. The second kappa shape index (κ2) is 5.29. The van der Waals surface area contributed by atoms with Crippen LogP contribution in [-0.2, 0) is 4.79 Å². The van der Waals surface area contributed by atoms with Gasteiger partial charge in [-0.25, -0.2) is 0 Å². The summed E-state index contributed by atoms with van der Waals surface area (Å²) in [5.74, 6) is -1.40. The second-order valence-electron chi connectivity index (χ2n) is 3.52. The number of hydrogen-bond donors (Lipinski definition) is 2. The molecule has 0 saturated heterocycles. The van der Waals surface area contributed by atoms with Gasteiger partial charge in [0.25, 0.3) is 5.91 Å². The predicted molar refractivity (Wildman–Crippen MR) is 68.5 cm³/mol. The van der Waals surface area contributed by atoms with Gasteiger partial charge in [-0.1, -0.05) is 11.6 Å². The van der Waals surface area contributed by atoms with Crippen molar-refractivity contribution in [3.8, 4) is 0 Å². The van der Waals surface area contributed by atoms with E-state index in [9.17, 15) is 9.59 Å². The largest absolute Gasteiger partial charge is 0.480 e. The summed E-state index contributed by atoms with van der Waals surface area (Å²) >= 11 is 2.05. The summed E-state index contributed by atoms with van der Waals surface area (Å²) in [6, 6.07) is 4.59. The summed E-state index contributed by atoms with van der Waals surface area (Å²) < 4.78 is 0.804. The summed E-state index contributed by atoms with van der Waals surface area (Å²) in [4.78, 5) is 22.4. The number of rotatable bonds is 3. The fraction of sp³-hybridized carbons (Fsp3) is 0.273. The van der Waals surface area contributed by atoms with Crippen LogP contribution in [0.5, 0.6) is 0 Å². The zero-order chi connectivity index (χ0) is 12.3. The molecule has 1 amide bonds. The van der Waals surface area contributed by atoms with Crippen LogP contribution in [-0.4, -0.2) is 23.0 Å². The molecule has 1 aromatic carbocycles. The van der Waals surface area contributed by atoms with Gasteiger partial charge in [0.05, 0.1) is 5.56 Å². The minimum absolute atomic E-state index is 0.358. The Kier molecular flexibility index (Phi) is 4.28. The lowest BCUT2D eigenvalue weighted by Gasteiger charge is -2.10. The van der Waals surface area contributed by atoms with Gasteiger partial charge in [0.2, 0.25) is 0 Å². The maximum Gasteiger partial charge on any atom is 0.325 e. The highest BCUT2D eigenvalue weighted by Crippen LogP contribution is 2.14. The first-order valence-electron chi connectivity index (χ1n) is 4.71. The number of carboxylic acid groups (broad SMARTS) is 1. The summed E-state index contributed by atoms with van der Waals surface area (Å²) in [5.41, 5.74) is 1.47. The van der Waals surface area contributed by atoms with E-state index >= 15 is 0 Å². The third-order valence-electron chi connectivity index (χ3n) is 2.08. The average Bonchev–Trinajstić information content (AvgIpc) is 2.21. The number of carbonyl (C=O) groups is 2. The first kappa shape index (κ1) is 13.0. The Balaban J connectivity index is 2.88. The van der Waals surface area contributed by atoms with Gasteiger partial charge in [0, 0.05) is 3.57 Å². The Bertz CT molecular complexity index is 431. The van der Waals surface area contributed by atoms with Crippen LogP contribution in [0.25, 0.3) is 0 Å². The van der Waals surface area contributed by atoms with Crippen LogP contribution < -0.4 is 5.32 Å². The highest BCUT2D eigenvalue weighted by atomic mass is 127. The molecular formula is C11H12INO3. The van der Waals surface area contributed by atoms with Gasteiger partial charge in [-0.15, -0.1) is 0 Å². The number of benzene rings is 1. The lowest BCUT2D eigenvalue weighted by atomic mass is 10.1. The van der Waals surface area contributed by atoms with E-state index in [1.165, 1.54) is 6.92 Å². The summed E-state index contributed by atoms with van der Waals surface area (Å²) in [5, 5.41) is 11.1. The highest BCUT2D eigenvalue weighted by molar-refractivity contribution is 14.1. The van der Waals surface area contributed by atoms with Crippen molar-refractivity contribution in [3.63, 3.8) is 0 Å². The molecule has 0 fully saturated rings. The van der Waals surface area contributed by atoms with Gasteiger partial charge in [0.15, 0.2) is 0 Å². The predicted octanol–water partition coefficient (Wildman–Crippen LogP) is 1.80. The van der Waals surface area contributed by atoms with E-state index in [2.05, 4.69) is 5.32 Å². The van der Waals surface area contributed by atoms with Crippen LogP contribution in [0, 0.1) is 10.5 Å². The first-order chi connectivity index (χ1) is 7.41. The molecule has 0 heterocycles. The molecule has 0 aromatic heterocycles. The fourth-order valence-corrected chi connectivity index (χ4v) is 1.73. The highest BCUT2D eigenvalue weighted by Gasteiger charge is 2.16. The van der Waals surface area contributed by atoms with Crippen molar-refractivity contribution in [3.05, 3.63) is 32.9 Å². The average molecular weight is 333 g/mol. The number of carboxylic acids is 1. The van der Waals surface area contributed by atoms with Crippen LogP contribution in [0.1, 0.15) is 22.8 Å². The summed E-state index contributed by atoms with van der Waals surface area (Å²) in [6.07, 6.45) is 0. The van der Waals surface area contributed by atoms with Crippen LogP contribution in [0.15, 0.2) is 18.2 Å². The van der Waals surface area contributed by atoms with Crippen molar-refractivity contribution in [2.24, 2.45) is 0 Å². The number of nitrogens with one attached hydrogen (secondary N) is 1. The van der Waals surface area contributed by atoms with Crippen molar-refractivity contribution in [2.45, 2.75) is 19.9 Å². The monoisotopic (exact) mass is 333 g/mol. The Labute approximate surface area is 107 Å². The van der Waals surface area contributed by atoms with Crippen molar-refractivity contribution >= 4 is 34.5 Å². The van der Waals surface area contributed by atoms with Crippen molar-refractivity contribution in [2.75, 3.05) is 0 Å². The Morgan fingerprint density at radius 1 is 1.44 bits per heavy atom. The van der Waals surface area contributed by atoms with Gasteiger partial charge >= 0.3 is 5.97 Å². The zero-order valence-electron chi connectivity index (χ0n) is 8.95. The Morgan fingerprint density at radius 3 is 2.62 bits per heavy atom. The normalized spacial score (nSPS) is 11.9. The number of amides is 1. The molecule has 1 aromatic rings. The minimum Gasteiger partial charge on any atom is -0.480 e. The number of carbonyl (C=O) groups excluding carboxylic acids is 1. The lowest BCUT2D eigenvalue weighted by Crippen LogP contribution is -2.38. The summed E-state index contributed by atoms with van der Waals surface area (Å²) in [7, 11) is 0. The molecule has 0 aliphatic carbocycles. The quantitative estimate of drug-likeness (QED) is 0.829. The molecule has 0 aliphatic heterocycles. The smallest absolute Gasteiger partial charge is 0.325 e. The molecule has 1 atom stereocenters. The zero-order valence-corrected chi connectivity index (χ0v) is 11.1. The van der Waals surface area contributed by atoms with Crippen molar-refractivity contribution in [1.82, 2.24) is 5.32 Å². The molecule has 0 aliphatic rings. The van der Waals surface area contributed by atoms with Gasteiger partial charge < -0.3 is 10.4 Å². The first-order valence-corrected chi connectivity index (χ1v) is 5.79. The molecule has 0 saturated carbocycles. The molecule has 86 valence electrons. The van der Waals surface area contributed by atoms with Crippen LogP contribution in [0.2, 0.25) is 0 Å². The molecule has 0 bridgehead atoms. The van der Waals surface area contributed by atoms with E-state index in [4.69, 9.17) is 5.11 Å². The van der Waals surface area contributed by atoms with E-state index in [-0.39, 0.29) is 5.91 Å². The second-order valence-corrected chi connectivity index (χ2v) is 4.68. The SMILES string of the molecule is Cc1ccc(I)c(C(=O)N[C@@H](C)C(=O)O)c1. The van der Waals surface area contributed by atoms with Crippen LogP contribution in [0.4, 0.5) is 0 Å². The van der Waals surface area contributed by atoms with Crippen LogP contribution in [0.3, 0.4) is 0 Å². The molecule has 5 heteroatoms. The van der Waals surface area contributed by atoms with Gasteiger partial charge in [-0.05, 0) is 48.6 Å².